The molecule has 0 unspecified atom stereocenters. The number of ether oxygens (including phenoxy) is 1. The van der Waals surface area contributed by atoms with Crippen molar-refractivity contribution in [1.29, 1.82) is 0 Å². The summed E-state index contributed by atoms with van der Waals surface area (Å²) in [7, 11) is 1.86. The summed E-state index contributed by atoms with van der Waals surface area (Å²) >= 11 is 0. The van der Waals surface area contributed by atoms with Crippen LogP contribution in [0.3, 0.4) is 0 Å². The van der Waals surface area contributed by atoms with Crippen LogP contribution in [-0.4, -0.2) is 41.9 Å². The summed E-state index contributed by atoms with van der Waals surface area (Å²) in [5.41, 5.74) is 0.168. The number of aryl methyl sites for hydroxylation is 1. The Morgan fingerprint density at radius 3 is 2.84 bits per heavy atom. The maximum Gasteiger partial charge on any atom is 0.351 e. The number of carbonyl (C=O) groups is 1. The Bertz CT molecular complexity index is 860. The van der Waals surface area contributed by atoms with E-state index in [1.54, 1.807) is 19.9 Å². The van der Waals surface area contributed by atoms with Gasteiger partial charge in [-0.25, -0.2) is 14.6 Å². The molecule has 1 saturated carbocycles. The molecule has 25 heavy (non-hydrogen) atoms. The molecule has 1 fully saturated rings. The van der Waals surface area contributed by atoms with E-state index in [9.17, 15) is 14.7 Å². The minimum Gasteiger partial charge on any atom is -0.462 e. The van der Waals surface area contributed by atoms with Gasteiger partial charge in [-0.3, -0.25) is 0 Å². The molecule has 0 spiro atoms. The fourth-order valence-corrected chi connectivity index (χ4v) is 3.37. The van der Waals surface area contributed by atoms with E-state index in [2.05, 4.69) is 4.98 Å². The van der Waals surface area contributed by atoms with Crippen LogP contribution in [0.2, 0.25) is 0 Å². The second kappa shape index (κ2) is 6.84. The molecule has 1 aliphatic rings. The first kappa shape index (κ1) is 17.4. The summed E-state index contributed by atoms with van der Waals surface area (Å²) < 4.78 is 10.3. The van der Waals surface area contributed by atoms with Crippen LogP contribution in [0.25, 0.3) is 11.0 Å². The van der Waals surface area contributed by atoms with Gasteiger partial charge in [0.05, 0.1) is 24.1 Å². The SMILES string of the molecule is CCOC(=O)c1cc2c(N(C)[C@@H]3CCC[C@H]3O)nc(C)cc2oc1=O. The average Bonchev–Trinajstić information content (AvgIpc) is 2.99. The lowest BCUT2D eigenvalue weighted by atomic mass is 10.1. The first-order chi connectivity index (χ1) is 11.9. The van der Waals surface area contributed by atoms with Crippen molar-refractivity contribution in [2.75, 3.05) is 18.6 Å². The number of hydrogen-bond acceptors (Lipinski definition) is 7. The van der Waals surface area contributed by atoms with E-state index < -0.39 is 17.7 Å². The van der Waals surface area contributed by atoms with Gasteiger partial charge >= 0.3 is 11.6 Å². The average molecular weight is 346 g/mol. The number of esters is 1. The van der Waals surface area contributed by atoms with E-state index in [1.807, 2.05) is 11.9 Å². The van der Waals surface area contributed by atoms with Gasteiger partial charge in [0.15, 0.2) is 0 Å². The number of nitrogens with zero attached hydrogens (tertiary/aromatic N) is 2. The topological polar surface area (TPSA) is 92.9 Å². The van der Waals surface area contributed by atoms with Crippen LogP contribution in [0.5, 0.6) is 0 Å². The Hall–Kier alpha value is -2.41. The highest BCUT2D eigenvalue weighted by Crippen LogP contribution is 2.31. The zero-order valence-corrected chi connectivity index (χ0v) is 14.6. The summed E-state index contributed by atoms with van der Waals surface area (Å²) in [4.78, 5) is 30.6. The molecule has 2 aromatic rings. The van der Waals surface area contributed by atoms with Crippen LogP contribution >= 0.6 is 0 Å². The molecule has 3 rings (SSSR count). The summed E-state index contributed by atoms with van der Waals surface area (Å²) in [6, 6.07) is 3.07. The molecular formula is C18H22N2O5. The van der Waals surface area contributed by atoms with Crippen molar-refractivity contribution >= 4 is 22.8 Å². The molecule has 0 radical (unpaired) electrons. The van der Waals surface area contributed by atoms with Gasteiger partial charge in [-0.15, -0.1) is 0 Å². The summed E-state index contributed by atoms with van der Waals surface area (Å²) in [5.74, 6) is -0.136. The third-order valence-corrected chi connectivity index (χ3v) is 4.61. The van der Waals surface area contributed by atoms with Crippen molar-refractivity contribution in [3.63, 3.8) is 0 Å². The monoisotopic (exact) mass is 346 g/mol. The number of likely N-dealkylation sites (N-methyl/N-ethyl adjacent to an activating group) is 1. The van der Waals surface area contributed by atoms with Crippen LogP contribution < -0.4 is 10.5 Å². The molecule has 0 saturated heterocycles. The number of fused-ring (bicyclic) bond motifs is 1. The first-order valence-corrected chi connectivity index (χ1v) is 8.46. The fraction of sp³-hybridized carbons (Fsp3) is 0.500. The van der Waals surface area contributed by atoms with Crippen molar-refractivity contribution in [3.8, 4) is 0 Å². The Kier molecular flexibility index (Phi) is 4.76. The van der Waals surface area contributed by atoms with Crippen molar-refractivity contribution in [2.45, 2.75) is 45.3 Å². The predicted octanol–water partition coefficient (Wildman–Crippen LogP) is 2.02. The largest absolute Gasteiger partial charge is 0.462 e. The van der Waals surface area contributed by atoms with Gasteiger partial charge in [-0.05, 0) is 39.2 Å². The molecule has 1 N–H and O–H groups in total. The number of aromatic nitrogens is 1. The molecule has 0 aromatic carbocycles. The number of aliphatic hydroxyl groups excluding tert-OH is 1. The van der Waals surface area contributed by atoms with Crippen LogP contribution in [-0.2, 0) is 4.74 Å². The molecule has 0 aliphatic heterocycles. The fourth-order valence-electron chi connectivity index (χ4n) is 3.37. The van der Waals surface area contributed by atoms with Gasteiger partial charge in [0.1, 0.15) is 17.0 Å². The minimum atomic E-state index is -0.731. The quantitative estimate of drug-likeness (QED) is 0.847. The van der Waals surface area contributed by atoms with E-state index in [0.717, 1.165) is 19.3 Å². The molecule has 2 heterocycles. The summed E-state index contributed by atoms with van der Waals surface area (Å²) in [5, 5.41) is 10.8. The minimum absolute atomic E-state index is 0.0597. The van der Waals surface area contributed by atoms with Crippen LogP contribution in [0.4, 0.5) is 5.82 Å². The Morgan fingerprint density at radius 2 is 2.20 bits per heavy atom. The van der Waals surface area contributed by atoms with Crippen molar-refractivity contribution < 1.29 is 19.1 Å². The molecule has 134 valence electrons. The Labute approximate surface area is 145 Å². The summed E-state index contributed by atoms with van der Waals surface area (Å²) in [6.45, 7) is 3.65. The van der Waals surface area contributed by atoms with E-state index in [1.165, 1.54) is 6.07 Å². The zero-order chi connectivity index (χ0) is 18.1. The number of rotatable bonds is 4. The number of carbonyl (C=O) groups excluding carboxylic acids is 1. The predicted molar refractivity (Wildman–Crippen MR) is 93.0 cm³/mol. The zero-order valence-electron chi connectivity index (χ0n) is 14.6. The first-order valence-electron chi connectivity index (χ1n) is 8.46. The lowest BCUT2D eigenvalue weighted by molar-refractivity contribution is 0.0521. The standard InChI is InChI=1S/C18H22N2O5/c1-4-24-17(22)12-9-11-15(25-18(12)23)8-10(2)19-16(11)20(3)13-6-5-7-14(13)21/h8-9,13-14,21H,4-7H2,1-3H3/t13-,14-/m1/s1. The summed E-state index contributed by atoms with van der Waals surface area (Å²) in [6.07, 6.45) is 2.13. The third kappa shape index (κ3) is 3.24. The van der Waals surface area contributed by atoms with E-state index >= 15 is 0 Å². The van der Waals surface area contributed by atoms with Crippen LogP contribution in [0.15, 0.2) is 21.3 Å². The maximum absolute atomic E-state index is 12.1. The van der Waals surface area contributed by atoms with Gasteiger partial charge in [-0.2, -0.15) is 0 Å². The highest BCUT2D eigenvalue weighted by molar-refractivity contribution is 5.96. The van der Waals surface area contributed by atoms with Gasteiger partial charge in [0, 0.05) is 18.8 Å². The number of aliphatic hydroxyl groups is 1. The molecule has 2 aromatic heterocycles. The van der Waals surface area contributed by atoms with Gasteiger partial charge in [0.25, 0.3) is 0 Å². The Balaban J connectivity index is 2.15. The number of pyridine rings is 1. The number of hydrogen-bond donors (Lipinski definition) is 1. The maximum atomic E-state index is 12.1. The Morgan fingerprint density at radius 1 is 1.44 bits per heavy atom. The molecule has 2 atom stereocenters. The van der Waals surface area contributed by atoms with Crippen LogP contribution in [0.1, 0.15) is 42.2 Å². The van der Waals surface area contributed by atoms with Gasteiger partial charge < -0.3 is 19.2 Å². The second-order valence-corrected chi connectivity index (χ2v) is 6.34. The van der Waals surface area contributed by atoms with Gasteiger partial charge in [0.2, 0.25) is 0 Å². The highest BCUT2D eigenvalue weighted by atomic mass is 16.5. The lowest BCUT2D eigenvalue weighted by Crippen LogP contribution is -2.38. The van der Waals surface area contributed by atoms with E-state index in [0.29, 0.717) is 22.5 Å². The third-order valence-electron chi connectivity index (χ3n) is 4.61. The van der Waals surface area contributed by atoms with Gasteiger partial charge in [-0.1, -0.05) is 0 Å². The van der Waals surface area contributed by atoms with Crippen LogP contribution in [0, 0.1) is 6.92 Å². The van der Waals surface area contributed by atoms with E-state index in [4.69, 9.17) is 9.15 Å². The van der Waals surface area contributed by atoms with Crippen molar-refractivity contribution in [1.82, 2.24) is 4.98 Å². The highest BCUT2D eigenvalue weighted by Gasteiger charge is 2.31. The lowest BCUT2D eigenvalue weighted by Gasteiger charge is -2.29. The molecular weight excluding hydrogens is 324 g/mol. The molecule has 1 aliphatic carbocycles. The molecule has 0 bridgehead atoms. The van der Waals surface area contributed by atoms with Crippen molar-refractivity contribution in [2.24, 2.45) is 0 Å². The van der Waals surface area contributed by atoms with Crippen molar-refractivity contribution in [3.05, 3.63) is 33.8 Å². The van der Waals surface area contributed by atoms with E-state index in [-0.39, 0.29) is 18.2 Å². The second-order valence-electron chi connectivity index (χ2n) is 6.34. The normalized spacial score (nSPS) is 20.0. The smallest absolute Gasteiger partial charge is 0.351 e. The molecule has 0 amide bonds. The molecule has 7 heteroatoms. The number of anilines is 1. The molecule has 7 nitrogen and oxygen atoms in total.